The van der Waals surface area contributed by atoms with Crippen molar-refractivity contribution in [3.63, 3.8) is 0 Å². The number of aryl methyl sites for hydroxylation is 1. The summed E-state index contributed by atoms with van der Waals surface area (Å²) in [5.41, 5.74) is 1.90. The van der Waals surface area contributed by atoms with Crippen LogP contribution in [0.3, 0.4) is 0 Å². The molecular weight excluding hydrogens is 424 g/mol. The maximum Gasteiger partial charge on any atom is 0.290 e. The fraction of sp³-hybridized carbons (Fsp3) is 0.0833. The van der Waals surface area contributed by atoms with E-state index in [2.05, 4.69) is 10.2 Å². The highest BCUT2D eigenvalue weighted by Gasteiger charge is 2.19. The van der Waals surface area contributed by atoms with Crippen molar-refractivity contribution in [3.05, 3.63) is 99.6 Å². The third kappa shape index (κ3) is 4.08. The van der Waals surface area contributed by atoms with Gasteiger partial charge in [0.05, 0.1) is 24.2 Å². The maximum atomic E-state index is 13.4. The van der Waals surface area contributed by atoms with Crippen molar-refractivity contribution in [1.82, 2.24) is 9.13 Å². The number of benzene rings is 3. The third-order valence-electron chi connectivity index (χ3n) is 4.86. The number of ether oxygens (including phenoxy) is 1. The Balaban J connectivity index is 1.99. The van der Waals surface area contributed by atoms with Gasteiger partial charge in [0.15, 0.2) is 4.77 Å². The smallest absolute Gasteiger partial charge is 0.290 e. The summed E-state index contributed by atoms with van der Waals surface area (Å²) in [6, 6.07) is 23.3. The van der Waals surface area contributed by atoms with Crippen LogP contribution >= 0.6 is 12.2 Å². The molecule has 32 heavy (non-hydrogen) atoms. The molecule has 0 aliphatic heterocycles. The first-order valence-electron chi connectivity index (χ1n) is 9.79. The van der Waals surface area contributed by atoms with E-state index in [4.69, 9.17) is 17.0 Å². The molecule has 160 valence electrons. The molecule has 1 heterocycles. The van der Waals surface area contributed by atoms with Crippen molar-refractivity contribution in [2.45, 2.75) is 6.92 Å². The predicted molar refractivity (Wildman–Crippen MR) is 126 cm³/mol. The standard InChI is InChI=1S/C24H20N4O3S/c1-16-8-10-18(11-9-16)27-22(29)21(26-25-17-6-4-3-5-7-17)23(30)28(24(27)32)19-12-14-20(31-2)15-13-19/h3-15,29H,1-2H3. The van der Waals surface area contributed by atoms with E-state index < -0.39 is 5.56 Å². The van der Waals surface area contributed by atoms with Crippen LogP contribution in [0.5, 0.6) is 11.6 Å². The molecule has 8 heteroatoms. The highest BCUT2D eigenvalue weighted by Crippen LogP contribution is 2.29. The number of methoxy groups -OCH3 is 1. The first-order valence-corrected chi connectivity index (χ1v) is 10.2. The number of hydrogen-bond acceptors (Lipinski definition) is 6. The molecule has 0 atom stereocenters. The summed E-state index contributed by atoms with van der Waals surface area (Å²) in [7, 11) is 1.56. The minimum absolute atomic E-state index is 0.0974. The first kappa shape index (κ1) is 21.2. The number of aromatic hydroxyl groups is 1. The molecule has 0 bridgehead atoms. The molecule has 1 N–H and O–H groups in total. The summed E-state index contributed by atoms with van der Waals surface area (Å²) in [6.07, 6.45) is 0. The van der Waals surface area contributed by atoms with Gasteiger partial charge >= 0.3 is 0 Å². The molecule has 0 saturated carbocycles. The Morgan fingerprint density at radius 2 is 1.44 bits per heavy atom. The van der Waals surface area contributed by atoms with Gasteiger partial charge in [0.2, 0.25) is 11.6 Å². The summed E-state index contributed by atoms with van der Waals surface area (Å²) in [6.45, 7) is 1.96. The fourth-order valence-electron chi connectivity index (χ4n) is 3.16. The van der Waals surface area contributed by atoms with E-state index in [1.807, 2.05) is 49.4 Å². The largest absolute Gasteiger partial charge is 0.497 e. The first-order chi connectivity index (χ1) is 15.5. The van der Waals surface area contributed by atoms with Crippen LogP contribution in [-0.2, 0) is 0 Å². The summed E-state index contributed by atoms with van der Waals surface area (Å²) in [4.78, 5) is 13.4. The zero-order valence-electron chi connectivity index (χ0n) is 17.5. The number of rotatable bonds is 5. The maximum absolute atomic E-state index is 13.4. The van der Waals surface area contributed by atoms with E-state index in [9.17, 15) is 9.90 Å². The van der Waals surface area contributed by atoms with E-state index in [-0.39, 0.29) is 16.3 Å². The Kier molecular flexibility index (Phi) is 5.96. The average Bonchev–Trinajstić information content (AvgIpc) is 2.81. The summed E-state index contributed by atoms with van der Waals surface area (Å²) in [5.74, 6) is 0.259. The Morgan fingerprint density at radius 3 is 2.06 bits per heavy atom. The predicted octanol–water partition coefficient (Wildman–Crippen LogP) is 5.80. The van der Waals surface area contributed by atoms with Crippen LogP contribution in [0, 0.1) is 11.7 Å². The molecule has 0 amide bonds. The number of azo groups is 1. The van der Waals surface area contributed by atoms with Crippen LogP contribution in [0.1, 0.15) is 5.56 Å². The molecule has 0 fully saturated rings. The third-order valence-corrected chi connectivity index (χ3v) is 5.22. The lowest BCUT2D eigenvalue weighted by Crippen LogP contribution is -2.23. The number of aromatic nitrogens is 2. The van der Waals surface area contributed by atoms with Gasteiger partial charge in [0.1, 0.15) is 5.75 Å². The van der Waals surface area contributed by atoms with Crippen LogP contribution < -0.4 is 10.3 Å². The molecule has 0 aliphatic carbocycles. The van der Waals surface area contributed by atoms with E-state index >= 15 is 0 Å². The Labute approximate surface area is 189 Å². The van der Waals surface area contributed by atoms with E-state index in [0.29, 0.717) is 22.8 Å². The lowest BCUT2D eigenvalue weighted by Gasteiger charge is -2.16. The van der Waals surface area contributed by atoms with Gasteiger partial charge in [-0.2, -0.15) is 5.11 Å². The van der Waals surface area contributed by atoms with E-state index in [1.165, 1.54) is 9.13 Å². The SMILES string of the molecule is COc1ccc(-n2c(=O)c(N=Nc3ccccc3)c(O)n(-c3ccc(C)cc3)c2=S)cc1. The Bertz CT molecular complexity index is 1390. The van der Waals surface area contributed by atoms with Gasteiger partial charge in [-0.3, -0.25) is 13.9 Å². The zero-order valence-corrected chi connectivity index (χ0v) is 18.3. The summed E-state index contributed by atoms with van der Waals surface area (Å²) in [5, 5.41) is 19.2. The Hall–Kier alpha value is -4.04. The highest BCUT2D eigenvalue weighted by molar-refractivity contribution is 7.71. The molecule has 1 aromatic heterocycles. The van der Waals surface area contributed by atoms with Crippen molar-refractivity contribution in [2.75, 3.05) is 7.11 Å². The Morgan fingerprint density at radius 1 is 0.844 bits per heavy atom. The monoisotopic (exact) mass is 444 g/mol. The normalized spacial score (nSPS) is 11.1. The van der Waals surface area contributed by atoms with Crippen molar-refractivity contribution < 1.29 is 9.84 Å². The molecule has 0 radical (unpaired) electrons. The van der Waals surface area contributed by atoms with E-state index in [1.54, 1.807) is 43.5 Å². The average molecular weight is 445 g/mol. The van der Waals surface area contributed by atoms with E-state index in [0.717, 1.165) is 5.56 Å². The molecule has 7 nitrogen and oxygen atoms in total. The molecular formula is C24H20N4O3S. The van der Waals surface area contributed by atoms with Crippen LogP contribution in [0.2, 0.25) is 0 Å². The minimum Gasteiger partial charge on any atom is -0.497 e. The van der Waals surface area contributed by atoms with Crippen molar-refractivity contribution in [1.29, 1.82) is 0 Å². The minimum atomic E-state index is -0.583. The van der Waals surface area contributed by atoms with Crippen molar-refractivity contribution >= 4 is 23.6 Å². The zero-order chi connectivity index (χ0) is 22.7. The van der Waals surface area contributed by atoms with Gasteiger partial charge in [0, 0.05) is 0 Å². The summed E-state index contributed by atoms with van der Waals surface area (Å²) >= 11 is 5.62. The number of nitrogens with zero attached hydrogens (tertiary/aromatic N) is 4. The van der Waals surface area contributed by atoms with Gasteiger partial charge in [-0.1, -0.05) is 35.9 Å². The summed E-state index contributed by atoms with van der Waals surface area (Å²) < 4.78 is 8.02. The lowest BCUT2D eigenvalue weighted by atomic mass is 10.2. The number of hydrogen-bond donors (Lipinski definition) is 1. The second-order valence-electron chi connectivity index (χ2n) is 7.00. The highest BCUT2D eigenvalue weighted by atomic mass is 32.1. The lowest BCUT2D eigenvalue weighted by molar-refractivity contribution is 0.414. The quantitative estimate of drug-likeness (QED) is 0.312. The van der Waals surface area contributed by atoms with Crippen LogP contribution in [0.15, 0.2) is 93.9 Å². The fourth-order valence-corrected chi connectivity index (χ4v) is 3.54. The van der Waals surface area contributed by atoms with Gasteiger partial charge in [-0.05, 0) is 67.7 Å². The van der Waals surface area contributed by atoms with Gasteiger partial charge in [-0.15, -0.1) is 5.11 Å². The molecule has 4 rings (SSSR count). The van der Waals surface area contributed by atoms with Crippen LogP contribution in [-0.4, -0.2) is 21.4 Å². The van der Waals surface area contributed by atoms with Crippen molar-refractivity contribution in [2.24, 2.45) is 10.2 Å². The second kappa shape index (κ2) is 8.99. The van der Waals surface area contributed by atoms with Gasteiger partial charge in [-0.25, -0.2) is 0 Å². The molecule has 0 spiro atoms. The molecule has 0 aliphatic rings. The van der Waals surface area contributed by atoms with Crippen molar-refractivity contribution in [3.8, 4) is 23.0 Å². The molecule has 0 saturated heterocycles. The van der Waals surface area contributed by atoms with Crippen LogP contribution in [0.4, 0.5) is 11.4 Å². The topological polar surface area (TPSA) is 81.1 Å². The second-order valence-corrected chi connectivity index (χ2v) is 7.37. The van der Waals surface area contributed by atoms with Gasteiger partial charge < -0.3 is 9.84 Å². The van der Waals surface area contributed by atoms with Crippen LogP contribution in [0.25, 0.3) is 11.4 Å². The van der Waals surface area contributed by atoms with Gasteiger partial charge in [0.25, 0.3) is 5.56 Å². The molecule has 4 aromatic rings. The molecule has 0 unspecified atom stereocenters. The molecule has 3 aromatic carbocycles.